The van der Waals surface area contributed by atoms with Gasteiger partial charge in [0.05, 0.1) is 11.7 Å². The summed E-state index contributed by atoms with van der Waals surface area (Å²) in [5.41, 5.74) is 0. The van der Waals surface area contributed by atoms with E-state index in [-0.39, 0.29) is 24.3 Å². The van der Waals surface area contributed by atoms with E-state index in [1.807, 2.05) is 0 Å². The Hall–Kier alpha value is -0.620. The first kappa shape index (κ1) is 15.4. The highest BCUT2D eigenvalue weighted by Crippen LogP contribution is 2.27. The monoisotopic (exact) mass is 277 g/mol. The summed E-state index contributed by atoms with van der Waals surface area (Å²) in [4.78, 5) is 10.6. The molecule has 6 heteroatoms. The minimum atomic E-state index is -3.35. The zero-order valence-corrected chi connectivity index (χ0v) is 11.9. The van der Waals surface area contributed by atoms with Crippen molar-refractivity contribution in [3.05, 3.63) is 0 Å². The second-order valence-electron chi connectivity index (χ2n) is 5.15. The molecule has 1 rings (SSSR count). The van der Waals surface area contributed by atoms with E-state index in [2.05, 4.69) is 0 Å². The van der Waals surface area contributed by atoms with Gasteiger partial charge in [-0.25, -0.2) is 8.42 Å². The molecule has 0 radical (unpaired) electrons. The average molecular weight is 277 g/mol. The van der Waals surface area contributed by atoms with Crippen molar-refractivity contribution < 1.29 is 18.3 Å². The smallest absolute Gasteiger partial charge is 0.304 e. The third kappa shape index (κ3) is 3.95. The lowest BCUT2D eigenvalue weighted by Crippen LogP contribution is -2.44. The Bertz CT molecular complexity index is 372. The molecule has 0 amide bonds. The summed E-state index contributed by atoms with van der Waals surface area (Å²) >= 11 is 0. The standard InChI is InChI=1S/C12H23NO4S/c1-10(2)13(9-8-12(14)15)18(16,17)11-6-4-3-5-7-11/h10-11H,3-9H2,1-2H3,(H,14,15). The fourth-order valence-electron chi connectivity index (χ4n) is 2.44. The molecule has 0 spiro atoms. The molecule has 5 nitrogen and oxygen atoms in total. The largest absolute Gasteiger partial charge is 0.481 e. The predicted octanol–water partition coefficient (Wildman–Crippen LogP) is 1.83. The van der Waals surface area contributed by atoms with E-state index < -0.39 is 16.0 Å². The van der Waals surface area contributed by atoms with Crippen LogP contribution in [0.15, 0.2) is 0 Å². The Balaban J connectivity index is 2.78. The summed E-state index contributed by atoms with van der Waals surface area (Å²) in [6, 6.07) is -0.184. The Labute approximate surface area is 109 Å². The first-order chi connectivity index (χ1) is 8.35. The van der Waals surface area contributed by atoms with Crippen LogP contribution in [-0.2, 0) is 14.8 Å². The molecule has 0 aromatic heterocycles. The quantitative estimate of drug-likeness (QED) is 0.803. The van der Waals surface area contributed by atoms with Crippen LogP contribution < -0.4 is 0 Å². The van der Waals surface area contributed by atoms with Crippen LogP contribution >= 0.6 is 0 Å². The fourth-order valence-corrected chi connectivity index (χ4v) is 4.69. The highest BCUT2D eigenvalue weighted by atomic mass is 32.2. The topological polar surface area (TPSA) is 74.7 Å². The summed E-state index contributed by atoms with van der Waals surface area (Å²) in [5, 5.41) is 8.38. The van der Waals surface area contributed by atoms with Crippen molar-refractivity contribution >= 4 is 16.0 Å². The lowest BCUT2D eigenvalue weighted by atomic mass is 10.0. The highest BCUT2D eigenvalue weighted by Gasteiger charge is 2.34. The first-order valence-electron chi connectivity index (χ1n) is 6.58. The molecular weight excluding hydrogens is 254 g/mol. The van der Waals surface area contributed by atoms with Gasteiger partial charge in [0.25, 0.3) is 0 Å². The molecule has 0 heterocycles. The predicted molar refractivity (Wildman–Crippen MR) is 69.9 cm³/mol. The minimum absolute atomic E-state index is 0.0752. The molecule has 0 aromatic carbocycles. The van der Waals surface area contributed by atoms with E-state index in [0.717, 1.165) is 19.3 Å². The second kappa shape index (κ2) is 6.52. The van der Waals surface area contributed by atoms with Crippen LogP contribution in [0.3, 0.4) is 0 Å². The summed E-state index contributed by atoms with van der Waals surface area (Å²) in [6.07, 6.45) is 4.29. The van der Waals surface area contributed by atoms with E-state index in [1.54, 1.807) is 13.8 Å². The summed E-state index contributed by atoms with van der Waals surface area (Å²) < 4.78 is 26.3. The van der Waals surface area contributed by atoms with Gasteiger partial charge in [-0.1, -0.05) is 19.3 Å². The number of rotatable bonds is 6. The zero-order chi connectivity index (χ0) is 13.8. The maximum absolute atomic E-state index is 12.5. The van der Waals surface area contributed by atoms with Crippen LogP contribution in [0.1, 0.15) is 52.4 Å². The molecule has 0 bridgehead atoms. The average Bonchev–Trinajstić information content (AvgIpc) is 2.29. The number of carboxylic acid groups (broad SMARTS) is 1. The van der Waals surface area contributed by atoms with Crippen molar-refractivity contribution in [2.75, 3.05) is 6.54 Å². The van der Waals surface area contributed by atoms with Crippen molar-refractivity contribution in [1.29, 1.82) is 0 Å². The number of carboxylic acids is 1. The van der Waals surface area contributed by atoms with Crippen molar-refractivity contribution in [1.82, 2.24) is 4.31 Å². The number of carbonyl (C=O) groups is 1. The zero-order valence-electron chi connectivity index (χ0n) is 11.1. The molecule has 18 heavy (non-hydrogen) atoms. The van der Waals surface area contributed by atoms with Crippen LogP contribution in [0.25, 0.3) is 0 Å². The summed E-state index contributed by atoms with van der Waals surface area (Å²) in [7, 11) is -3.35. The molecule has 0 atom stereocenters. The van der Waals surface area contributed by atoms with Crippen molar-refractivity contribution in [2.45, 2.75) is 63.7 Å². The van der Waals surface area contributed by atoms with Crippen LogP contribution in [0, 0.1) is 0 Å². The van der Waals surface area contributed by atoms with Crippen LogP contribution in [0.2, 0.25) is 0 Å². The van der Waals surface area contributed by atoms with Crippen molar-refractivity contribution in [3.63, 3.8) is 0 Å². The number of sulfonamides is 1. The van der Waals surface area contributed by atoms with E-state index in [4.69, 9.17) is 5.11 Å². The summed E-state index contributed by atoms with van der Waals surface area (Å²) in [5.74, 6) is -0.959. The van der Waals surface area contributed by atoms with Crippen LogP contribution in [0.5, 0.6) is 0 Å². The molecule has 0 unspecified atom stereocenters. The Kier molecular flexibility index (Phi) is 5.59. The van der Waals surface area contributed by atoms with Crippen LogP contribution in [0.4, 0.5) is 0 Å². The van der Waals surface area contributed by atoms with Gasteiger partial charge in [0.1, 0.15) is 0 Å². The van der Waals surface area contributed by atoms with Crippen molar-refractivity contribution in [3.8, 4) is 0 Å². The Morgan fingerprint density at radius 2 is 1.83 bits per heavy atom. The van der Waals surface area contributed by atoms with Gasteiger partial charge in [-0.05, 0) is 26.7 Å². The Morgan fingerprint density at radius 1 is 1.28 bits per heavy atom. The van der Waals surface area contributed by atoms with Gasteiger partial charge in [-0.15, -0.1) is 0 Å². The second-order valence-corrected chi connectivity index (χ2v) is 7.32. The maximum Gasteiger partial charge on any atom is 0.304 e. The lowest BCUT2D eigenvalue weighted by Gasteiger charge is -2.31. The number of nitrogens with zero attached hydrogens (tertiary/aromatic N) is 1. The molecular formula is C12H23NO4S. The third-order valence-corrected chi connectivity index (χ3v) is 5.99. The molecule has 1 fully saturated rings. The number of hydrogen-bond acceptors (Lipinski definition) is 3. The van der Waals surface area contributed by atoms with Gasteiger partial charge in [0.2, 0.25) is 10.0 Å². The molecule has 1 aliphatic carbocycles. The number of hydrogen-bond donors (Lipinski definition) is 1. The molecule has 1 saturated carbocycles. The van der Waals surface area contributed by atoms with E-state index >= 15 is 0 Å². The molecule has 1 aliphatic rings. The SMILES string of the molecule is CC(C)N(CCC(=O)O)S(=O)(=O)C1CCCCC1. The van der Waals surface area contributed by atoms with Gasteiger partial charge in [-0.3, -0.25) is 4.79 Å². The molecule has 0 aromatic rings. The Morgan fingerprint density at radius 3 is 2.28 bits per heavy atom. The normalized spacial score (nSPS) is 18.4. The van der Waals surface area contributed by atoms with Gasteiger partial charge in [0.15, 0.2) is 0 Å². The van der Waals surface area contributed by atoms with Crippen molar-refractivity contribution in [2.24, 2.45) is 0 Å². The van der Waals surface area contributed by atoms with Gasteiger partial charge in [0, 0.05) is 12.6 Å². The first-order valence-corrected chi connectivity index (χ1v) is 8.08. The summed E-state index contributed by atoms with van der Waals surface area (Å²) in [6.45, 7) is 3.66. The molecule has 1 N–H and O–H groups in total. The fraction of sp³-hybridized carbons (Fsp3) is 0.917. The van der Waals surface area contributed by atoms with E-state index in [1.165, 1.54) is 4.31 Å². The number of aliphatic carboxylic acids is 1. The van der Waals surface area contributed by atoms with E-state index in [9.17, 15) is 13.2 Å². The van der Waals surface area contributed by atoms with Gasteiger partial charge in [-0.2, -0.15) is 4.31 Å². The van der Waals surface area contributed by atoms with E-state index in [0.29, 0.717) is 12.8 Å². The molecule has 0 aliphatic heterocycles. The molecule has 106 valence electrons. The van der Waals surface area contributed by atoms with Gasteiger partial charge < -0.3 is 5.11 Å². The van der Waals surface area contributed by atoms with Crippen LogP contribution in [-0.4, -0.2) is 41.6 Å². The van der Waals surface area contributed by atoms with Gasteiger partial charge >= 0.3 is 5.97 Å². The lowest BCUT2D eigenvalue weighted by molar-refractivity contribution is -0.137. The third-order valence-electron chi connectivity index (χ3n) is 3.42. The minimum Gasteiger partial charge on any atom is -0.481 e. The maximum atomic E-state index is 12.5. The molecule has 0 saturated heterocycles. The highest BCUT2D eigenvalue weighted by molar-refractivity contribution is 7.89.